The Hall–Kier alpha value is 0. The molecule has 1 fully saturated rings. The van der Waals surface area contributed by atoms with Crippen molar-refractivity contribution in [3.63, 3.8) is 0 Å². The van der Waals surface area contributed by atoms with Crippen molar-refractivity contribution in [1.29, 1.82) is 0 Å². The largest absolute Gasteiger partial charge is 0.0654 e. The van der Waals surface area contributed by atoms with Gasteiger partial charge in [0.05, 0.1) is 0 Å². The molecule has 2 unspecified atom stereocenters. The number of unbranched alkanes of at least 4 members (excludes halogenated alkanes) is 1. The number of hydrogen-bond acceptors (Lipinski definition) is 0. The van der Waals surface area contributed by atoms with Gasteiger partial charge in [0.1, 0.15) is 0 Å². The van der Waals surface area contributed by atoms with Gasteiger partial charge in [-0.1, -0.05) is 47.5 Å². The van der Waals surface area contributed by atoms with E-state index in [9.17, 15) is 0 Å². The molecule has 1 aliphatic rings. The molecule has 0 radical (unpaired) electrons. The van der Waals surface area contributed by atoms with Gasteiger partial charge in [-0.2, -0.15) is 0 Å². The van der Waals surface area contributed by atoms with Crippen LogP contribution in [0.4, 0.5) is 0 Å². The third-order valence-corrected chi connectivity index (χ3v) is 3.38. The highest BCUT2D eigenvalue weighted by Gasteiger charge is 2.50. The Bertz CT molecular complexity index is 163. The Labute approximate surface area is 84.1 Å². The second kappa shape index (κ2) is 3.63. The van der Waals surface area contributed by atoms with Crippen LogP contribution in [0.15, 0.2) is 0 Å². The van der Waals surface area contributed by atoms with Crippen molar-refractivity contribution >= 4 is 0 Å². The van der Waals surface area contributed by atoms with Crippen molar-refractivity contribution in [2.75, 3.05) is 0 Å². The molecule has 0 aromatic carbocycles. The molecule has 0 aromatic heterocycles. The summed E-state index contributed by atoms with van der Waals surface area (Å²) in [6.45, 7) is 11.9. The van der Waals surface area contributed by atoms with Gasteiger partial charge in [0.25, 0.3) is 0 Å². The molecule has 0 aliphatic heterocycles. The second-order valence-corrected chi connectivity index (χ2v) is 6.43. The minimum absolute atomic E-state index is 0.524. The summed E-state index contributed by atoms with van der Waals surface area (Å²) in [6, 6.07) is 0. The van der Waals surface area contributed by atoms with Crippen molar-refractivity contribution in [3.8, 4) is 0 Å². The summed E-state index contributed by atoms with van der Waals surface area (Å²) in [7, 11) is 0. The molecule has 0 bridgehead atoms. The summed E-state index contributed by atoms with van der Waals surface area (Å²) in [6.07, 6.45) is 7.17. The molecule has 2 atom stereocenters. The minimum Gasteiger partial charge on any atom is -0.0654 e. The topological polar surface area (TPSA) is 0 Å². The fraction of sp³-hybridized carbons (Fsp3) is 1.00. The standard InChI is InChI=1S/C13H26/c1-6-7-8-11-9-13(11,5)10-12(2,3)4/h11H,6-10H2,1-5H3. The highest BCUT2D eigenvalue weighted by atomic mass is 14.5. The normalized spacial score (nSPS) is 33.5. The van der Waals surface area contributed by atoms with E-state index in [0.717, 1.165) is 5.92 Å². The number of rotatable bonds is 4. The Kier molecular flexibility index (Phi) is 3.09. The third kappa shape index (κ3) is 3.32. The maximum absolute atomic E-state index is 2.48. The van der Waals surface area contributed by atoms with E-state index in [-0.39, 0.29) is 0 Å². The Balaban J connectivity index is 2.28. The van der Waals surface area contributed by atoms with Crippen molar-refractivity contribution in [1.82, 2.24) is 0 Å². The first-order valence-electron chi connectivity index (χ1n) is 5.87. The predicted molar refractivity (Wildman–Crippen MR) is 59.8 cm³/mol. The molecule has 1 aliphatic carbocycles. The molecular formula is C13H26. The van der Waals surface area contributed by atoms with Gasteiger partial charge in [-0.05, 0) is 36.0 Å². The fourth-order valence-corrected chi connectivity index (χ4v) is 2.83. The van der Waals surface area contributed by atoms with Crippen LogP contribution in [0.2, 0.25) is 0 Å². The molecule has 0 aromatic rings. The van der Waals surface area contributed by atoms with E-state index in [1.54, 1.807) is 0 Å². The first-order chi connectivity index (χ1) is 5.87. The van der Waals surface area contributed by atoms with Crippen LogP contribution in [0, 0.1) is 16.7 Å². The highest BCUT2D eigenvalue weighted by molar-refractivity contribution is 5.00. The summed E-state index contributed by atoms with van der Waals surface area (Å²) in [5.74, 6) is 1.05. The molecule has 0 amide bonds. The van der Waals surface area contributed by atoms with Gasteiger partial charge in [0.2, 0.25) is 0 Å². The van der Waals surface area contributed by atoms with E-state index < -0.39 is 0 Å². The summed E-state index contributed by atoms with van der Waals surface area (Å²) in [5, 5.41) is 0. The van der Waals surface area contributed by atoms with Gasteiger partial charge in [-0.3, -0.25) is 0 Å². The fourth-order valence-electron chi connectivity index (χ4n) is 2.83. The van der Waals surface area contributed by atoms with Crippen molar-refractivity contribution in [2.24, 2.45) is 16.7 Å². The van der Waals surface area contributed by atoms with Crippen LogP contribution in [-0.2, 0) is 0 Å². The van der Waals surface area contributed by atoms with Crippen LogP contribution in [0.3, 0.4) is 0 Å². The average Bonchev–Trinajstić information content (AvgIpc) is 2.52. The van der Waals surface area contributed by atoms with Crippen LogP contribution < -0.4 is 0 Å². The number of hydrogen-bond donors (Lipinski definition) is 0. The maximum atomic E-state index is 2.48. The molecule has 78 valence electrons. The van der Waals surface area contributed by atoms with Gasteiger partial charge in [0.15, 0.2) is 0 Å². The SMILES string of the molecule is CCCCC1CC1(C)CC(C)(C)C. The minimum atomic E-state index is 0.524. The monoisotopic (exact) mass is 182 g/mol. The van der Waals surface area contributed by atoms with Crippen molar-refractivity contribution in [2.45, 2.75) is 66.7 Å². The molecule has 0 spiro atoms. The van der Waals surface area contributed by atoms with Gasteiger partial charge in [-0.15, -0.1) is 0 Å². The summed E-state index contributed by atoms with van der Waals surface area (Å²) >= 11 is 0. The molecular weight excluding hydrogens is 156 g/mol. The van der Waals surface area contributed by atoms with Crippen LogP contribution in [-0.4, -0.2) is 0 Å². The Morgan fingerprint density at radius 3 is 2.38 bits per heavy atom. The molecule has 0 N–H and O–H groups in total. The van der Waals surface area contributed by atoms with Gasteiger partial charge in [-0.25, -0.2) is 0 Å². The highest BCUT2D eigenvalue weighted by Crippen LogP contribution is 2.60. The lowest BCUT2D eigenvalue weighted by Crippen LogP contribution is -2.13. The van der Waals surface area contributed by atoms with E-state index in [0.29, 0.717) is 10.8 Å². The zero-order chi connectivity index (χ0) is 10.1. The first kappa shape index (κ1) is 11.1. The predicted octanol–water partition coefficient (Wildman–Crippen LogP) is 4.64. The summed E-state index contributed by atoms with van der Waals surface area (Å²) in [5.41, 5.74) is 1.23. The van der Waals surface area contributed by atoms with Gasteiger partial charge < -0.3 is 0 Å². The van der Waals surface area contributed by atoms with E-state index in [2.05, 4.69) is 34.6 Å². The average molecular weight is 182 g/mol. The van der Waals surface area contributed by atoms with Crippen LogP contribution >= 0.6 is 0 Å². The second-order valence-electron chi connectivity index (χ2n) is 6.43. The van der Waals surface area contributed by atoms with E-state index in [4.69, 9.17) is 0 Å². The van der Waals surface area contributed by atoms with Crippen molar-refractivity contribution in [3.05, 3.63) is 0 Å². The Morgan fingerprint density at radius 1 is 1.31 bits per heavy atom. The zero-order valence-corrected chi connectivity index (χ0v) is 10.1. The first-order valence-corrected chi connectivity index (χ1v) is 5.87. The van der Waals surface area contributed by atoms with E-state index in [1.165, 1.54) is 32.1 Å². The lowest BCUT2D eigenvalue weighted by molar-refractivity contribution is 0.272. The molecule has 1 saturated carbocycles. The molecule has 13 heavy (non-hydrogen) atoms. The maximum Gasteiger partial charge on any atom is -0.0290 e. The molecule has 0 saturated heterocycles. The quantitative estimate of drug-likeness (QED) is 0.594. The van der Waals surface area contributed by atoms with Crippen molar-refractivity contribution < 1.29 is 0 Å². The molecule has 0 heteroatoms. The van der Waals surface area contributed by atoms with Crippen LogP contribution in [0.25, 0.3) is 0 Å². The summed E-state index contributed by atoms with van der Waals surface area (Å²) < 4.78 is 0. The zero-order valence-electron chi connectivity index (χ0n) is 10.1. The van der Waals surface area contributed by atoms with Gasteiger partial charge in [0, 0.05) is 0 Å². The third-order valence-electron chi connectivity index (χ3n) is 3.38. The van der Waals surface area contributed by atoms with E-state index in [1.807, 2.05) is 0 Å². The Morgan fingerprint density at radius 2 is 1.92 bits per heavy atom. The molecule has 1 rings (SSSR count). The van der Waals surface area contributed by atoms with Gasteiger partial charge >= 0.3 is 0 Å². The molecule has 0 nitrogen and oxygen atoms in total. The molecule has 0 heterocycles. The smallest absolute Gasteiger partial charge is 0.0290 e. The van der Waals surface area contributed by atoms with Crippen LogP contribution in [0.5, 0.6) is 0 Å². The van der Waals surface area contributed by atoms with Crippen LogP contribution in [0.1, 0.15) is 66.7 Å². The summed E-state index contributed by atoms with van der Waals surface area (Å²) in [4.78, 5) is 0. The van der Waals surface area contributed by atoms with E-state index >= 15 is 0 Å². The lowest BCUT2D eigenvalue weighted by atomic mass is 9.82. The lowest BCUT2D eigenvalue weighted by Gasteiger charge is -2.24.